The Hall–Kier alpha value is -2.86. The molecule has 0 bridgehead atoms. The van der Waals surface area contributed by atoms with Crippen LogP contribution in [0.4, 0.5) is 23.2 Å². The fourth-order valence-corrected chi connectivity index (χ4v) is 4.63. The highest BCUT2D eigenvalue weighted by molar-refractivity contribution is 7.89. The normalized spacial score (nSPS) is 16.9. The van der Waals surface area contributed by atoms with Crippen LogP contribution in [-0.4, -0.2) is 50.9 Å². The molecule has 1 fully saturated rings. The average molecular weight is 476 g/mol. The number of alkyl halides is 4. The van der Waals surface area contributed by atoms with Crippen LogP contribution in [0.25, 0.3) is 0 Å². The van der Waals surface area contributed by atoms with Crippen LogP contribution in [0.5, 0.6) is 11.5 Å². The molecule has 0 aliphatic carbocycles. The van der Waals surface area contributed by atoms with Crippen molar-refractivity contribution in [1.82, 2.24) is 4.31 Å². The first kappa shape index (κ1) is 23.8. The molecule has 0 aromatic heterocycles. The fraction of sp³-hybridized carbons (Fsp3) is 0.350. The Morgan fingerprint density at radius 1 is 1.00 bits per heavy atom. The Morgan fingerprint density at radius 2 is 1.53 bits per heavy atom. The number of carbonyl (C=O) groups is 1. The number of nitrogens with zero attached hydrogens (tertiary/aromatic N) is 1. The van der Waals surface area contributed by atoms with Crippen molar-refractivity contribution in [2.75, 3.05) is 25.5 Å². The van der Waals surface area contributed by atoms with Gasteiger partial charge in [0.15, 0.2) is 5.67 Å². The standard InChI is InChI=1S/C20H20F4N2O5S/c1-30-15-6-8-17(9-7-15)32(28,29)26-12-10-19(21,11-13-26)18(27)25-14-2-4-16(5-3-14)31-20(22,23)24/h2-9H,10-13H2,1H3,(H,25,27). The molecule has 1 aliphatic rings. The number of benzene rings is 2. The molecule has 174 valence electrons. The van der Waals surface area contributed by atoms with Crippen molar-refractivity contribution in [3.8, 4) is 11.5 Å². The molecule has 1 heterocycles. The molecule has 1 amide bonds. The van der Waals surface area contributed by atoms with Gasteiger partial charge >= 0.3 is 6.36 Å². The lowest BCUT2D eigenvalue weighted by molar-refractivity contribution is -0.274. The van der Waals surface area contributed by atoms with Crippen molar-refractivity contribution in [1.29, 1.82) is 0 Å². The first-order valence-corrected chi connectivity index (χ1v) is 10.9. The van der Waals surface area contributed by atoms with Crippen LogP contribution in [0.3, 0.4) is 0 Å². The maximum Gasteiger partial charge on any atom is 0.573 e. The van der Waals surface area contributed by atoms with Crippen LogP contribution in [0.2, 0.25) is 0 Å². The van der Waals surface area contributed by atoms with Crippen molar-refractivity contribution < 1.29 is 40.2 Å². The number of nitrogens with one attached hydrogen (secondary N) is 1. The Kier molecular flexibility index (Phi) is 6.65. The number of hydrogen-bond donors (Lipinski definition) is 1. The molecule has 3 rings (SSSR count). The van der Waals surface area contributed by atoms with Crippen molar-refractivity contribution in [2.24, 2.45) is 0 Å². The lowest BCUT2D eigenvalue weighted by atomic mass is 9.93. The van der Waals surface area contributed by atoms with Gasteiger partial charge in [-0.3, -0.25) is 4.79 Å². The number of halogens is 4. The number of hydrogen-bond acceptors (Lipinski definition) is 5. The molecular weight excluding hydrogens is 456 g/mol. The summed E-state index contributed by atoms with van der Waals surface area (Å²) in [5, 5.41) is 2.31. The minimum atomic E-state index is -4.85. The van der Waals surface area contributed by atoms with E-state index in [2.05, 4.69) is 10.1 Å². The molecule has 1 saturated heterocycles. The van der Waals surface area contributed by atoms with Gasteiger partial charge in [0.1, 0.15) is 11.5 Å². The summed E-state index contributed by atoms with van der Waals surface area (Å²) in [7, 11) is -2.42. The smallest absolute Gasteiger partial charge is 0.497 e. The third-order valence-electron chi connectivity index (χ3n) is 4.96. The zero-order chi connectivity index (χ0) is 23.6. The van der Waals surface area contributed by atoms with Gasteiger partial charge in [0, 0.05) is 31.6 Å². The summed E-state index contributed by atoms with van der Waals surface area (Å²) >= 11 is 0. The molecular formula is C20H20F4N2O5S. The van der Waals surface area contributed by atoms with Crippen molar-refractivity contribution in [3.05, 3.63) is 48.5 Å². The Morgan fingerprint density at radius 3 is 2.03 bits per heavy atom. The zero-order valence-corrected chi connectivity index (χ0v) is 17.7. The van der Waals surface area contributed by atoms with Crippen molar-refractivity contribution in [2.45, 2.75) is 29.8 Å². The molecule has 0 spiro atoms. The zero-order valence-electron chi connectivity index (χ0n) is 16.9. The first-order valence-electron chi connectivity index (χ1n) is 9.43. The molecule has 2 aromatic carbocycles. The number of methoxy groups -OCH3 is 1. The van der Waals surface area contributed by atoms with E-state index in [1.54, 1.807) is 0 Å². The molecule has 0 saturated carbocycles. The van der Waals surface area contributed by atoms with Gasteiger partial charge in [-0.25, -0.2) is 12.8 Å². The van der Waals surface area contributed by atoms with Crippen molar-refractivity contribution >= 4 is 21.6 Å². The highest BCUT2D eigenvalue weighted by atomic mass is 32.2. The number of piperidine rings is 1. The van der Waals surface area contributed by atoms with E-state index in [4.69, 9.17) is 4.74 Å². The first-order chi connectivity index (χ1) is 14.9. The second-order valence-corrected chi connectivity index (χ2v) is 9.01. The fourth-order valence-electron chi connectivity index (χ4n) is 3.19. The van der Waals surface area contributed by atoms with Crippen molar-refractivity contribution in [3.63, 3.8) is 0 Å². The minimum absolute atomic E-state index is 0.0234. The molecule has 32 heavy (non-hydrogen) atoms. The van der Waals surface area contributed by atoms with Gasteiger partial charge < -0.3 is 14.8 Å². The summed E-state index contributed by atoms with van der Waals surface area (Å²) in [5.74, 6) is -0.994. The third kappa shape index (κ3) is 5.49. The molecule has 0 atom stereocenters. The number of ether oxygens (including phenoxy) is 2. The van der Waals surface area contributed by atoms with Gasteiger partial charge in [0.25, 0.3) is 5.91 Å². The summed E-state index contributed by atoms with van der Waals surface area (Å²) in [4.78, 5) is 12.4. The topological polar surface area (TPSA) is 84.9 Å². The summed E-state index contributed by atoms with van der Waals surface area (Å²) < 4.78 is 87.2. The van der Waals surface area contributed by atoms with E-state index in [0.29, 0.717) is 5.75 Å². The van der Waals surface area contributed by atoms with E-state index >= 15 is 4.39 Å². The van der Waals surface area contributed by atoms with E-state index < -0.39 is 33.7 Å². The Bertz CT molecular complexity index is 1050. The maximum atomic E-state index is 15.2. The lowest BCUT2D eigenvalue weighted by Gasteiger charge is -2.34. The molecule has 1 aliphatic heterocycles. The van der Waals surface area contributed by atoms with Crippen LogP contribution in [-0.2, 0) is 14.8 Å². The number of amides is 1. The summed E-state index contributed by atoms with van der Waals surface area (Å²) in [6.07, 6.45) is -5.60. The second-order valence-electron chi connectivity index (χ2n) is 7.07. The number of anilines is 1. The summed E-state index contributed by atoms with van der Waals surface area (Å²) in [5.41, 5.74) is -2.25. The maximum absolute atomic E-state index is 15.2. The van der Waals surface area contributed by atoms with Gasteiger partial charge in [-0.05, 0) is 48.5 Å². The number of rotatable bonds is 6. The van der Waals surface area contributed by atoms with E-state index in [-0.39, 0.29) is 36.5 Å². The van der Waals surface area contributed by atoms with Crippen LogP contribution in [0, 0.1) is 0 Å². The molecule has 7 nitrogen and oxygen atoms in total. The lowest BCUT2D eigenvalue weighted by Crippen LogP contribution is -2.50. The minimum Gasteiger partial charge on any atom is -0.497 e. The van der Waals surface area contributed by atoms with Gasteiger partial charge in [0.2, 0.25) is 10.0 Å². The average Bonchev–Trinajstić information content (AvgIpc) is 2.74. The highest BCUT2D eigenvalue weighted by Crippen LogP contribution is 2.32. The number of carbonyl (C=O) groups excluding carboxylic acids is 1. The van der Waals surface area contributed by atoms with E-state index in [0.717, 1.165) is 28.6 Å². The quantitative estimate of drug-likeness (QED) is 0.643. The third-order valence-corrected chi connectivity index (χ3v) is 6.88. The summed E-state index contributed by atoms with van der Waals surface area (Å²) in [6, 6.07) is 10.0. The van der Waals surface area contributed by atoms with Gasteiger partial charge in [-0.1, -0.05) is 0 Å². The van der Waals surface area contributed by atoms with Gasteiger partial charge in [0.05, 0.1) is 12.0 Å². The molecule has 2 aromatic rings. The van der Waals surface area contributed by atoms with Gasteiger partial charge in [-0.2, -0.15) is 4.31 Å². The van der Waals surface area contributed by atoms with Crippen LogP contribution >= 0.6 is 0 Å². The molecule has 12 heteroatoms. The van der Waals surface area contributed by atoms with Crippen LogP contribution in [0.1, 0.15) is 12.8 Å². The van der Waals surface area contributed by atoms with E-state index in [1.807, 2.05) is 0 Å². The summed E-state index contributed by atoms with van der Waals surface area (Å²) in [6.45, 7) is -0.423. The predicted molar refractivity (Wildman–Crippen MR) is 107 cm³/mol. The van der Waals surface area contributed by atoms with Gasteiger partial charge in [-0.15, -0.1) is 13.2 Å². The Balaban J connectivity index is 1.61. The van der Waals surface area contributed by atoms with Crippen LogP contribution in [0.15, 0.2) is 53.4 Å². The monoisotopic (exact) mass is 476 g/mol. The molecule has 1 N–H and O–H groups in total. The van der Waals surface area contributed by atoms with Crippen LogP contribution < -0.4 is 14.8 Å². The van der Waals surface area contributed by atoms with E-state index in [9.17, 15) is 26.4 Å². The second kappa shape index (κ2) is 8.94. The molecule has 0 unspecified atom stereocenters. The number of sulfonamides is 1. The largest absolute Gasteiger partial charge is 0.573 e. The Labute approximate surface area is 182 Å². The molecule has 0 radical (unpaired) electrons. The van der Waals surface area contributed by atoms with E-state index in [1.165, 1.54) is 31.4 Å². The highest BCUT2D eigenvalue weighted by Gasteiger charge is 2.44. The SMILES string of the molecule is COc1ccc(S(=O)(=O)N2CCC(F)(C(=O)Nc3ccc(OC(F)(F)F)cc3)CC2)cc1. The predicted octanol–water partition coefficient (Wildman–Crippen LogP) is 3.73.